The largest absolute Gasteiger partial charge is 0.396 e. The van der Waals surface area contributed by atoms with Gasteiger partial charge in [-0.1, -0.05) is 0 Å². The van der Waals surface area contributed by atoms with Gasteiger partial charge in [0.05, 0.1) is 6.61 Å². The van der Waals surface area contributed by atoms with E-state index < -0.39 is 0 Å². The van der Waals surface area contributed by atoms with E-state index in [9.17, 15) is 0 Å². The van der Waals surface area contributed by atoms with Crippen molar-refractivity contribution in [2.75, 3.05) is 32.6 Å². The molecular weight excluding hydrogens is 138 g/mol. The van der Waals surface area contributed by atoms with Crippen LogP contribution in [-0.2, 0) is 0 Å². The SMILES string of the molecule is CN1CC(CO)(CCl)C1. The zero-order valence-corrected chi connectivity index (χ0v) is 6.36. The first kappa shape index (κ1) is 7.32. The number of alkyl halides is 1. The van der Waals surface area contributed by atoms with E-state index in [0.29, 0.717) is 5.88 Å². The Bertz CT molecular complexity index is 95.2. The van der Waals surface area contributed by atoms with Gasteiger partial charge in [0.25, 0.3) is 0 Å². The molecule has 1 rings (SSSR count). The lowest BCUT2D eigenvalue weighted by molar-refractivity contribution is -0.00702. The molecule has 0 aromatic carbocycles. The molecule has 1 N–H and O–H groups in total. The molecule has 1 fully saturated rings. The molecule has 0 aliphatic carbocycles. The van der Waals surface area contributed by atoms with Gasteiger partial charge >= 0.3 is 0 Å². The van der Waals surface area contributed by atoms with Crippen molar-refractivity contribution in [2.24, 2.45) is 5.41 Å². The summed E-state index contributed by atoms with van der Waals surface area (Å²) in [5.74, 6) is 0.577. The zero-order valence-electron chi connectivity index (χ0n) is 5.60. The van der Waals surface area contributed by atoms with E-state index in [4.69, 9.17) is 16.7 Å². The number of aliphatic hydroxyl groups is 1. The first-order chi connectivity index (χ1) is 4.22. The highest BCUT2D eigenvalue weighted by atomic mass is 35.5. The quantitative estimate of drug-likeness (QED) is 0.565. The van der Waals surface area contributed by atoms with Gasteiger partial charge < -0.3 is 10.0 Å². The van der Waals surface area contributed by atoms with Gasteiger partial charge in [0.2, 0.25) is 0 Å². The Morgan fingerprint density at radius 1 is 1.67 bits per heavy atom. The Hall–Kier alpha value is 0.210. The van der Waals surface area contributed by atoms with Gasteiger partial charge in [-0.3, -0.25) is 0 Å². The van der Waals surface area contributed by atoms with Crippen molar-refractivity contribution in [2.45, 2.75) is 0 Å². The predicted molar refractivity (Wildman–Crippen MR) is 37.7 cm³/mol. The normalized spacial score (nSPS) is 25.7. The van der Waals surface area contributed by atoms with Crippen molar-refractivity contribution in [3.8, 4) is 0 Å². The summed E-state index contributed by atoms with van der Waals surface area (Å²) in [5.41, 5.74) is 0.0241. The van der Waals surface area contributed by atoms with Crippen LogP contribution in [0.25, 0.3) is 0 Å². The Kier molecular flexibility index (Phi) is 1.99. The third-order valence-corrected chi connectivity index (χ3v) is 2.40. The average molecular weight is 150 g/mol. The Morgan fingerprint density at radius 3 is 2.33 bits per heavy atom. The van der Waals surface area contributed by atoms with Gasteiger partial charge in [-0.25, -0.2) is 0 Å². The monoisotopic (exact) mass is 149 g/mol. The topological polar surface area (TPSA) is 23.5 Å². The highest BCUT2D eigenvalue weighted by molar-refractivity contribution is 6.18. The molecule has 0 unspecified atom stereocenters. The number of likely N-dealkylation sites (tertiary alicyclic amines) is 1. The fourth-order valence-electron chi connectivity index (χ4n) is 1.33. The molecule has 1 aliphatic heterocycles. The molecule has 1 aliphatic rings. The van der Waals surface area contributed by atoms with Gasteiger partial charge in [0.1, 0.15) is 0 Å². The smallest absolute Gasteiger partial charge is 0.0523 e. The highest BCUT2D eigenvalue weighted by Crippen LogP contribution is 2.29. The van der Waals surface area contributed by atoms with Gasteiger partial charge in [0.15, 0.2) is 0 Å². The van der Waals surface area contributed by atoms with Crippen LogP contribution in [0.1, 0.15) is 0 Å². The molecule has 1 saturated heterocycles. The number of hydrogen-bond donors (Lipinski definition) is 1. The van der Waals surface area contributed by atoms with Crippen molar-refractivity contribution in [1.82, 2.24) is 4.90 Å². The third-order valence-electron chi connectivity index (χ3n) is 1.83. The van der Waals surface area contributed by atoms with Crippen LogP contribution in [0.2, 0.25) is 0 Å². The fraction of sp³-hybridized carbons (Fsp3) is 1.00. The predicted octanol–water partition coefficient (Wildman–Crippen LogP) is 0.149. The lowest BCUT2D eigenvalue weighted by Gasteiger charge is -2.46. The molecule has 54 valence electrons. The van der Waals surface area contributed by atoms with E-state index in [1.54, 1.807) is 0 Å². The number of rotatable bonds is 2. The van der Waals surface area contributed by atoms with Crippen LogP contribution in [0.3, 0.4) is 0 Å². The molecule has 0 atom stereocenters. The van der Waals surface area contributed by atoms with Crippen LogP contribution in [-0.4, -0.2) is 42.6 Å². The number of nitrogens with zero attached hydrogens (tertiary/aromatic N) is 1. The second kappa shape index (κ2) is 2.45. The van der Waals surface area contributed by atoms with Gasteiger partial charge in [-0.05, 0) is 7.05 Å². The Morgan fingerprint density at radius 2 is 2.22 bits per heavy atom. The van der Waals surface area contributed by atoms with E-state index in [2.05, 4.69) is 4.90 Å². The maximum atomic E-state index is 8.84. The highest BCUT2D eigenvalue weighted by Gasteiger charge is 2.39. The molecule has 9 heavy (non-hydrogen) atoms. The molecule has 0 saturated carbocycles. The molecule has 0 amide bonds. The molecule has 0 radical (unpaired) electrons. The van der Waals surface area contributed by atoms with Crippen LogP contribution in [0.5, 0.6) is 0 Å². The minimum atomic E-state index is 0.0241. The summed E-state index contributed by atoms with van der Waals surface area (Å²) in [4.78, 5) is 2.15. The summed E-state index contributed by atoms with van der Waals surface area (Å²) < 4.78 is 0. The molecule has 1 heterocycles. The van der Waals surface area contributed by atoms with E-state index >= 15 is 0 Å². The Balaban J connectivity index is 2.36. The third kappa shape index (κ3) is 1.20. The first-order valence-electron chi connectivity index (χ1n) is 3.08. The van der Waals surface area contributed by atoms with E-state index in [0.717, 1.165) is 13.1 Å². The molecule has 2 nitrogen and oxygen atoms in total. The maximum Gasteiger partial charge on any atom is 0.0523 e. The number of halogens is 1. The summed E-state index contributed by atoms with van der Waals surface area (Å²) >= 11 is 5.64. The molecule has 3 heteroatoms. The van der Waals surface area contributed by atoms with Crippen molar-refractivity contribution >= 4 is 11.6 Å². The standard InChI is InChI=1S/C6H12ClNO/c1-8-3-6(2-7,4-8)5-9/h9H,2-5H2,1H3. The summed E-state index contributed by atoms with van der Waals surface area (Å²) in [7, 11) is 2.03. The fourth-order valence-corrected chi connectivity index (χ4v) is 1.58. The second-order valence-corrected chi connectivity index (χ2v) is 3.23. The first-order valence-corrected chi connectivity index (χ1v) is 3.61. The van der Waals surface area contributed by atoms with Gasteiger partial charge in [-0.2, -0.15) is 0 Å². The second-order valence-electron chi connectivity index (χ2n) is 2.96. The molecule has 0 aromatic heterocycles. The van der Waals surface area contributed by atoms with Crippen molar-refractivity contribution in [3.05, 3.63) is 0 Å². The zero-order chi connectivity index (χ0) is 6.91. The van der Waals surface area contributed by atoms with Crippen molar-refractivity contribution in [1.29, 1.82) is 0 Å². The van der Waals surface area contributed by atoms with Crippen LogP contribution in [0.15, 0.2) is 0 Å². The lowest BCUT2D eigenvalue weighted by Crippen LogP contribution is -2.57. The lowest BCUT2D eigenvalue weighted by atomic mass is 9.83. The summed E-state index contributed by atoms with van der Waals surface area (Å²) in [6.45, 7) is 2.10. The molecule has 0 bridgehead atoms. The van der Waals surface area contributed by atoms with Crippen LogP contribution < -0.4 is 0 Å². The van der Waals surface area contributed by atoms with Crippen LogP contribution >= 0.6 is 11.6 Å². The molecule has 0 spiro atoms. The molecule has 0 aromatic rings. The summed E-state index contributed by atoms with van der Waals surface area (Å²) in [5, 5.41) is 8.84. The minimum Gasteiger partial charge on any atom is -0.396 e. The van der Waals surface area contributed by atoms with Crippen LogP contribution in [0, 0.1) is 5.41 Å². The van der Waals surface area contributed by atoms with E-state index in [1.807, 2.05) is 7.05 Å². The van der Waals surface area contributed by atoms with E-state index in [-0.39, 0.29) is 12.0 Å². The molecular formula is C6H12ClNO. The maximum absolute atomic E-state index is 8.84. The summed E-state index contributed by atoms with van der Waals surface area (Å²) in [6, 6.07) is 0. The van der Waals surface area contributed by atoms with Crippen LogP contribution in [0.4, 0.5) is 0 Å². The average Bonchev–Trinajstić information content (AvgIpc) is 1.81. The van der Waals surface area contributed by atoms with Gasteiger partial charge in [-0.15, -0.1) is 11.6 Å². The van der Waals surface area contributed by atoms with E-state index in [1.165, 1.54) is 0 Å². The van der Waals surface area contributed by atoms with Crippen molar-refractivity contribution < 1.29 is 5.11 Å². The van der Waals surface area contributed by atoms with Crippen molar-refractivity contribution in [3.63, 3.8) is 0 Å². The Labute approximate surface area is 60.4 Å². The number of aliphatic hydroxyl groups excluding tert-OH is 1. The van der Waals surface area contributed by atoms with Gasteiger partial charge in [0, 0.05) is 24.4 Å². The minimum absolute atomic E-state index is 0.0241. The summed E-state index contributed by atoms with van der Waals surface area (Å²) in [6.07, 6.45) is 0. The number of hydrogen-bond acceptors (Lipinski definition) is 2.